The predicted molar refractivity (Wildman–Crippen MR) is 191 cm³/mol. The summed E-state index contributed by atoms with van der Waals surface area (Å²) >= 11 is 0. The highest BCUT2D eigenvalue weighted by molar-refractivity contribution is 6.04. The van der Waals surface area contributed by atoms with Gasteiger partial charge in [0.25, 0.3) is 5.91 Å². The van der Waals surface area contributed by atoms with Crippen molar-refractivity contribution in [3.05, 3.63) is 89.5 Å². The van der Waals surface area contributed by atoms with Crippen molar-refractivity contribution in [2.75, 3.05) is 37.9 Å². The SMILES string of the molecule is COc1ccc(CNc2ncnc3c(C4CCCN(C(=O)OC(C)(C)C)C4)nn(-c4ccc(C(=O)Nc5cc(C(F)(F)F)ccn5)cc4)c23)c(OC)c1. The molecule has 13 nitrogen and oxygen atoms in total. The summed E-state index contributed by atoms with van der Waals surface area (Å²) < 4.78 is 57.9. The van der Waals surface area contributed by atoms with Gasteiger partial charge in [0.05, 0.1) is 31.2 Å². The van der Waals surface area contributed by atoms with Gasteiger partial charge in [-0.15, -0.1) is 0 Å². The zero-order valence-electron chi connectivity index (χ0n) is 29.8. The van der Waals surface area contributed by atoms with Crippen molar-refractivity contribution in [3.8, 4) is 17.2 Å². The zero-order chi connectivity index (χ0) is 37.9. The minimum Gasteiger partial charge on any atom is -0.497 e. The molecule has 2 N–H and O–H groups in total. The molecule has 278 valence electrons. The van der Waals surface area contributed by atoms with Crippen LogP contribution in [0.4, 0.5) is 29.6 Å². The average molecular weight is 733 g/mol. The van der Waals surface area contributed by atoms with Crippen LogP contribution in [-0.4, -0.2) is 74.5 Å². The topological polar surface area (TPSA) is 146 Å². The number of likely N-dealkylation sites (tertiary alicyclic amines) is 1. The van der Waals surface area contributed by atoms with Gasteiger partial charge in [-0.1, -0.05) is 0 Å². The fourth-order valence-electron chi connectivity index (χ4n) is 6.05. The molecule has 2 amide bonds. The summed E-state index contributed by atoms with van der Waals surface area (Å²) in [6.07, 6.45) is -1.06. The standard InChI is InChI=1S/C37H39F3N8O5/c1-36(2,3)53-35(50)47-16-6-7-24(20-47)30-31-32(33(44-21-43-31)42-19-23-10-13-27(51-4)18-28(23)52-5)48(46-30)26-11-8-22(9-12-26)34(49)45-29-17-25(14-15-41-29)37(38,39)40/h8-15,17-18,21,24H,6-7,16,19-20H2,1-5H3,(H,41,45,49)(H,42,43,44). The largest absolute Gasteiger partial charge is 0.497 e. The number of pyridine rings is 1. The summed E-state index contributed by atoms with van der Waals surface area (Å²) in [5, 5.41) is 10.9. The molecule has 0 spiro atoms. The second-order valence-corrected chi connectivity index (χ2v) is 13.4. The number of carbonyl (C=O) groups is 2. The van der Waals surface area contributed by atoms with E-state index in [-0.39, 0.29) is 17.3 Å². The van der Waals surface area contributed by atoms with Crippen LogP contribution in [-0.2, 0) is 17.5 Å². The van der Waals surface area contributed by atoms with Crippen LogP contribution in [0, 0.1) is 0 Å². The number of benzene rings is 2. The van der Waals surface area contributed by atoms with Crippen LogP contribution < -0.4 is 20.1 Å². The molecule has 4 heterocycles. The predicted octanol–water partition coefficient (Wildman–Crippen LogP) is 7.23. The molecule has 1 fully saturated rings. The van der Waals surface area contributed by atoms with Crippen LogP contribution in [0.2, 0.25) is 0 Å². The van der Waals surface area contributed by atoms with Gasteiger partial charge in [0.15, 0.2) is 5.82 Å². The van der Waals surface area contributed by atoms with E-state index in [0.29, 0.717) is 59.4 Å². The number of nitrogens with one attached hydrogen (secondary N) is 2. The number of amides is 2. The number of anilines is 2. The van der Waals surface area contributed by atoms with Gasteiger partial charge in [0.1, 0.15) is 40.3 Å². The van der Waals surface area contributed by atoms with Crippen LogP contribution >= 0.6 is 0 Å². The van der Waals surface area contributed by atoms with Crippen molar-refractivity contribution in [2.45, 2.75) is 57.9 Å². The number of rotatable bonds is 9. The van der Waals surface area contributed by atoms with Gasteiger partial charge in [0.2, 0.25) is 0 Å². The number of fused-ring (bicyclic) bond motifs is 1. The highest BCUT2D eigenvalue weighted by atomic mass is 19.4. The van der Waals surface area contributed by atoms with E-state index in [1.54, 1.807) is 42.0 Å². The van der Waals surface area contributed by atoms with Gasteiger partial charge >= 0.3 is 12.3 Å². The molecule has 1 atom stereocenters. The lowest BCUT2D eigenvalue weighted by Crippen LogP contribution is -2.42. The third-order valence-electron chi connectivity index (χ3n) is 8.59. The first kappa shape index (κ1) is 36.8. The minimum atomic E-state index is -4.58. The second-order valence-electron chi connectivity index (χ2n) is 13.4. The summed E-state index contributed by atoms with van der Waals surface area (Å²) in [5.41, 5.74) is 1.83. The smallest absolute Gasteiger partial charge is 0.416 e. The van der Waals surface area contributed by atoms with E-state index in [4.69, 9.17) is 19.3 Å². The monoisotopic (exact) mass is 732 g/mol. The zero-order valence-corrected chi connectivity index (χ0v) is 29.8. The molecule has 0 saturated carbocycles. The lowest BCUT2D eigenvalue weighted by molar-refractivity contribution is -0.137. The van der Waals surface area contributed by atoms with Crippen LogP contribution in [0.15, 0.2) is 67.1 Å². The molecule has 1 saturated heterocycles. The Labute approximate surface area is 303 Å². The van der Waals surface area contributed by atoms with E-state index in [2.05, 4.69) is 25.6 Å². The van der Waals surface area contributed by atoms with E-state index >= 15 is 0 Å². The molecule has 53 heavy (non-hydrogen) atoms. The second kappa shape index (κ2) is 15.0. The molecule has 5 aromatic rings. The highest BCUT2D eigenvalue weighted by Crippen LogP contribution is 2.35. The van der Waals surface area contributed by atoms with Crippen molar-refractivity contribution < 1.29 is 37.0 Å². The first-order valence-electron chi connectivity index (χ1n) is 16.9. The van der Waals surface area contributed by atoms with E-state index in [1.165, 1.54) is 18.5 Å². The van der Waals surface area contributed by atoms with E-state index in [0.717, 1.165) is 36.7 Å². The number of piperidine rings is 1. The van der Waals surface area contributed by atoms with Crippen molar-refractivity contribution >= 4 is 34.7 Å². The summed E-state index contributed by atoms with van der Waals surface area (Å²) in [7, 11) is 3.15. The Balaban J connectivity index is 1.34. The fourth-order valence-corrected chi connectivity index (χ4v) is 6.05. The van der Waals surface area contributed by atoms with Gasteiger partial charge < -0.3 is 29.7 Å². The lowest BCUT2D eigenvalue weighted by Gasteiger charge is -2.33. The first-order chi connectivity index (χ1) is 25.2. The van der Waals surface area contributed by atoms with Crippen molar-refractivity contribution in [2.24, 2.45) is 0 Å². The molecule has 6 rings (SSSR count). The van der Waals surface area contributed by atoms with Crippen LogP contribution in [0.3, 0.4) is 0 Å². The van der Waals surface area contributed by atoms with Gasteiger partial charge in [-0.25, -0.2) is 24.4 Å². The van der Waals surface area contributed by atoms with Crippen LogP contribution in [0.25, 0.3) is 16.7 Å². The van der Waals surface area contributed by atoms with E-state index in [9.17, 15) is 22.8 Å². The van der Waals surface area contributed by atoms with Gasteiger partial charge in [-0.2, -0.15) is 18.3 Å². The average Bonchev–Trinajstić information content (AvgIpc) is 3.53. The van der Waals surface area contributed by atoms with Crippen LogP contribution in [0.5, 0.6) is 11.5 Å². The molecule has 0 aliphatic carbocycles. The summed E-state index contributed by atoms with van der Waals surface area (Å²) in [6, 6.07) is 13.5. The third-order valence-corrected chi connectivity index (χ3v) is 8.59. The molecule has 16 heteroatoms. The summed E-state index contributed by atoms with van der Waals surface area (Å²) in [6.45, 7) is 6.73. The number of aromatic nitrogens is 5. The number of hydrogen-bond donors (Lipinski definition) is 2. The van der Waals surface area contributed by atoms with Crippen molar-refractivity contribution in [3.63, 3.8) is 0 Å². The maximum absolute atomic E-state index is 13.2. The van der Waals surface area contributed by atoms with Gasteiger partial charge in [0, 0.05) is 48.9 Å². The van der Waals surface area contributed by atoms with E-state index < -0.39 is 29.3 Å². The van der Waals surface area contributed by atoms with E-state index in [1.807, 2.05) is 32.9 Å². The summed E-state index contributed by atoms with van der Waals surface area (Å²) in [5.74, 6) is 0.700. The Hall–Kier alpha value is -5.93. The molecular formula is C37H39F3N8O5. The number of nitrogens with zero attached hydrogens (tertiary/aromatic N) is 6. The highest BCUT2D eigenvalue weighted by Gasteiger charge is 2.33. The number of halogens is 3. The molecule has 3 aromatic heterocycles. The van der Waals surface area contributed by atoms with Crippen LogP contribution in [0.1, 0.15) is 66.7 Å². The molecule has 1 aliphatic rings. The molecule has 0 radical (unpaired) electrons. The maximum Gasteiger partial charge on any atom is 0.416 e. The van der Waals surface area contributed by atoms with Gasteiger partial charge in [-0.05, 0) is 82.1 Å². The Bertz CT molecular complexity index is 2110. The number of alkyl halides is 3. The molecule has 0 bridgehead atoms. The number of carbonyl (C=O) groups excluding carboxylic acids is 2. The molecular weight excluding hydrogens is 693 g/mol. The summed E-state index contributed by atoms with van der Waals surface area (Å²) in [4.78, 5) is 40.9. The van der Waals surface area contributed by atoms with Gasteiger partial charge in [-0.3, -0.25) is 4.79 Å². The van der Waals surface area contributed by atoms with Crippen molar-refractivity contribution in [1.29, 1.82) is 0 Å². The Morgan fingerprint density at radius 2 is 1.74 bits per heavy atom. The third kappa shape index (κ3) is 8.42. The number of hydrogen-bond acceptors (Lipinski definition) is 10. The molecule has 1 aliphatic heterocycles. The molecule has 1 unspecified atom stereocenters. The minimum absolute atomic E-state index is 0.172. The lowest BCUT2D eigenvalue weighted by atomic mass is 9.94. The first-order valence-corrected chi connectivity index (χ1v) is 16.9. The maximum atomic E-state index is 13.2. The Morgan fingerprint density at radius 1 is 0.962 bits per heavy atom. The Morgan fingerprint density at radius 3 is 2.43 bits per heavy atom. The Kier molecular flexibility index (Phi) is 10.4. The van der Waals surface area contributed by atoms with Crippen molar-refractivity contribution in [1.82, 2.24) is 29.6 Å². The molecule has 2 aromatic carbocycles. The fraction of sp³-hybridized carbons (Fsp3) is 0.351. The quantitative estimate of drug-likeness (QED) is 0.159. The number of methoxy groups -OCH3 is 2. The number of ether oxygens (including phenoxy) is 3. The normalized spacial score (nSPS) is 14.9.